The first-order valence-corrected chi connectivity index (χ1v) is 7.31. The Morgan fingerprint density at radius 2 is 2.00 bits per heavy atom. The van der Waals surface area contributed by atoms with Crippen molar-refractivity contribution in [2.24, 2.45) is 5.73 Å². The van der Waals surface area contributed by atoms with Gasteiger partial charge in [-0.1, -0.05) is 30.4 Å². The second-order valence-corrected chi connectivity index (χ2v) is 5.51. The maximum Gasteiger partial charge on any atom is 0.143 e. The van der Waals surface area contributed by atoms with Crippen molar-refractivity contribution < 1.29 is 8.78 Å². The molecule has 0 radical (unpaired) electrons. The number of benzene rings is 2. The number of nitrogens with two attached hydrogens (primary N) is 1. The van der Waals surface area contributed by atoms with Gasteiger partial charge in [-0.15, -0.1) is 0 Å². The van der Waals surface area contributed by atoms with Crippen LogP contribution in [0.1, 0.15) is 11.1 Å². The first-order valence-electron chi connectivity index (χ1n) is 6.90. The Balaban J connectivity index is 1.95. The highest BCUT2D eigenvalue weighted by molar-refractivity contribution is 7.80. The largest absolute Gasteiger partial charge is 0.389 e. The Morgan fingerprint density at radius 1 is 1.17 bits per heavy atom. The Hall–Kier alpha value is -2.60. The molecule has 2 aromatic carbocycles. The highest BCUT2D eigenvalue weighted by atomic mass is 32.1. The van der Waals surface area contributed by atoms with E-state index in [9.17, 15) is 8.78 Å². The molecule has 0 saturated heterocycles. The summed E-state index contributed by atoms with van der Waals surface area (Å²) in [5, 5.41) is 0. The standard InChI is InChI=1S/C17H13F2N3S/c18-13-4-5-14(15(19)9-13)17-21-6-7-22(17)10-11-2-1-3-12(8-11)16(20)23/h1-9H,10H2,(H2,20,23). The van der Waals surface area contributed by atoms with E-state index in [1.807, 2.05) is 24.3 Å². The van der Waals surface area contributed by atoms with Gasteiger partial charge in [0.25, 0.3) is 0 Å². The third-order valence-electron chi connectivity index (χ3n) is 3.45. The molecule has 0 unspecified atom stereocenters. The van der Waals surface area contributed by atoms with Crippen LogP contribution in [0.5, 0.6) is 0 Å². The van der Waals surface area contributed by atoms with Gasteiger partial charge in [-0.25, -0.2) is 13.8 Å². The lowest BCUT2D eigenvalue weighted by molar-refractivity contribution is 0.584. The predicted octanol–water partition coefficient (Wildman–Crippen LogP) is 3.51. The first-order chi connectivity index (χ1) is 11.0. The zero-order valence-electron chi connectivity index (χ0n) is 12.0. The van der Waals surface area contributed by atoms with Gasteiger partial charge in [-0.3, -0.25) is 0 Å². The van der Waals surface area contributed by atoms with Gasteiger partial charge in [0, 0.05) is 30.6 Å². The molecule has 0 atom stereocenters. The van der Waals surface area contributed by atoms with Crippen molar-refractivity contribution in [3.05, 3.63) is 77.6 Å². The third kappa shape index (κ3) is 3.27. The second-order valence-electron chi connectivity index (χ2n) is 5.07. The van der Waals surface area contributed by atoms with Crippen LogP contribution in [-0.2, 0) is 6.54 Å². The average molecular weight is 329 g/mol. The molecule has 0 aliphatic carbocycles. The molecule has 0 spiro atoms. The van der Waals surface area contributed by atoms with Crippen LogP contribution < -0.4 is 5.73 Å². The smallest absolute Gasteiger partial charge is 0.143 e. The summed E-state index contributed by atoms with van der Waals surface area (Å²) in [6.45, 7) is 0.475. The van der Waals surface area contributed by atoms with E-state index < -0.39 is 11.6 Å². The monoisotopic (exact) mass is 329 g/mol. The molecule has 3 nitrogen and oxygen atoms in total. The molecule has 0 aliphatic heterocycles. The molecule has 0 bridgehead atoms. The number of nitrogens with zero attached hydrogens (tertiary/aromatic N) is 2. The topological polar surface area (TPSA) is 43.8 Å². The maximum atomic E-state index is 14.0. The van der Waals surface area contributed by atoms with Gasteiger partial charge in [0.1, 0.15) is 22.4 Å². The SMILES string of the molecule is NC(=S)c1cccc(Cn2ccnc2-c2ccc(F)cc2F)c1. The van der Waals surface area contributed by atoms with E-state index in [2.05, 4.69) is 4.98 Å². The lowest BCUT2D eigenvalue weighted by atomic mass is 10.1. The summed E-state index contributed by atoms with van der Waals surface area (Å²) in [6, 6.07) is 10.9. The minimum absolute atomic E-state index is 0.252. The van der Waals surface area contributed by atoms with Gasteiger partial charge in [0.05, 0.1) is 5.56 Å². The van der Waals surface area contributed by atoms with Crippen molar-refractivity contribution in [3.8, 4) is 11.4 Å². The van der Waals surface area contributed by atoms with Crippen molar-refractivity contribution >= 4 is 17.2 Å². The highest BCUT2D eigenvalue weighted by Gasteiger charge is 2.12. The summed E-state index contributed by atoms with van der Waals surface area (Å²) in [5.41, 5.74) is 7.62. The minimum atomic E-state index is -0.644. The summed E-state index contributed by atoms with van der Waals surface area (Å²) in [4.78, 5) is 4.50. The van der Waals surface area contributed by atoms with Crippen LogP contribution in [0.2, 0.25) is 0 Å². The van der Waals surface area contributed by atoms with E-state index in [1.54, 1.807) is 17.0 Å². The molecule has 3 aromatic rings. The Morgan fingerprint density at radius 3 is 2.74 bits per heavy atom. The van der Waals surface area contributed by atoms with Gasteiger partial charge in [0.15, 0.2) is 0 Å². The molecule has 1 heterocycles. The fraction of sp³-hybridized carbons (Fsp3) is 0.0588. The number of thiocarbonyl (C=S) groups is 1. The number of aromatic nitrogens is 2. The Labute approximate surface area is 137 Å². The summed E-state index contributed by atoms with van der Waals surface area (Å²) in [7, 11) is 0. The summed E-state index contributed by atoms with van der Waals surface area (Å²) < 4.78 is 28.8. The van der Waals surface area contributed by atoms with Gasteiger partial charge in [0.2, 0.25) is 0 Å². The molecular formula is C17H13F2N3S. The molecular weight excluding hydrogens is 316 g/mol. The molecule has 116 valence electrons. The van der Waals surface area contributed by atoms with Crippen molar-refractivity contribution in [3.63, 3.8) is 0 Å². The summed E-state index contributed by atoms with van der Waals surface area (Å²) in [5.74, 6) is -0.828. The fourth-order valence-electron chi connectivity index (χ4n) is 2.37. The predicted molar refractivity (Wildman–Crippen MR) is 89.0 cm³/mol. The quantitative estimate of drug-likeness (QED) is 0.745. The van der Waals surface area contributed by atoms with Gasteiger partial charge in [-0.2, -0.15) is 0 Å². The van der Waals surface area contributed by atoms with Crippen LogP contribution in [0.3, 0.4) is 0 Å². The van der Waals surface area contributed by atoms with Crippen LogP contribution in [-0.4, -0.2) is 14.5 Å². The molecule has 0 amide bonds. The molecule has 1 aromatic heterocycles. The van der Waals surface area contributed by atoms with E-state index >= 15 is 0 Å². The normalized spacial score (nSPS) is 10.7. The van der Waals surface area contributed by atoms with Crippen molar-refractivity contribution in [1.82, 2.24) is 9.55 Å². The lowest BCUT2D eigenvalue weighted by Gasteiger charge is -2.10. The van der Waals surface area contributed by atoms with Crippen molar-refractivity contribution in [2.75, 3.05) is 0 Å². The van der Waals surface area contributed by atoms with Crippen LogP contribution >= 0.6 is 12.2 Å². The molecule has 23 heavy (non-hydrogen) atoms. The number of rotatable bonds is 4. The summed E-state index contributed by atoms with van der Waals surface area (Å²) in [6.07, 6.45) is 3.32. The second kappa shape index (κ2) is 6.26. The zero-order chi connectivity index (χ0) is 16.4. The Kier molecular flexibility index (Phi) is 4.16. The van der Waals surface area contributed by atoms with Crippen molar-refractivity contribution in [2.45, 2.75) is 6.54 Å². The van der Waals surface area contributed by atoms with Crippen LogP contribution in [0.15, 0.2) is 54.9 Å². The average Bonchev–Trinajstić information content (AvgIpc) is 2.95. The zero-order valence-corrected chi connectivity index (χ0v) is 12.9. The van der Waals surface area contributed by atoms with Crippen LogP contribution in [0.25, 0.3) is 11.4 Å². The van der Waals surface area contributed by atoms with E-state index in [0.29, 0.717) is 17.4 Å². The van der Waals surface area contributed by atoms with E-state index in [4.69, 9.17) is 18.0 Å². The molecule has 0 fully saturated rings. The van der Waals surface area contributed by atoms with Gasteiger partial charge in [-0.05, 0) is 23.8 Å². The lowest BCUT2D eigenvalue weighted by Crippen LogP contribution is -2.10. The maximum absolute atomic E-state index is 14.0. The molecule has 0 aliphatic rings. The van der Waals surface area contributed by atoms with Crippen molar-refractivity contribution in [1.29, 1.82) is 0 Å². The third-order valence-corrected chi connectivity index (χ3v) is 3.69. The van der Waals surface area contributed by atoms with Crippen LogP contribution in [0.4, 0.5) is 8.78 Å². The minimum Gasteiger partial charge on any atom is -0.389 e. The number of halogens is 2. The molecule has 3 rings (SSSR count). The molecule has 2 N–H and O–H groups in total. The van der Waals surface area contributed by atoms with E-state index in [0.717, 1.165) is 17.2 Å². The first kappa shape index (κ1) is 15.3. The van der Waals surface area contributed by atoms with Crippen LogP contribution in [0, 0.1) is 11.6 Å². The van der Waals surface area contributed by atoms with E-state index in [-0.39, 0.29) is 5.56 Å². The number of imidazole rings is 1. The number of hydrogen-bond donors (Lipinski definition) is 1. The highest BCUT2D eigenvalue weighted by Crippen LogP contribution is 2.23. The van der Waals surface area contributed by atoms with Gasteiger partial charge >= 0.3 is 0 Å². The number of hydrogen-bond acceptors (Lipinski definition) is 2. The van der Waals surface area contributed by atoms with E-state index in [1.165, 1.54) is 12.1 Å². The van der Waals surface area contributed by atoms with Gasteiger partial charge < -0.3 is 10.3 Å². The summed E-state index contributed by atoms with van der Waals surface area (Å²) >= 11 is 4.97. The fourth-order valence-corrected chi connectivity index (χ4v) is 2.50. The molecule has 0 saturated carbocycles. The Bertz CT molecular complexity index is 874. The molecule has 6 heteroatoms.